The summed E-state index contributed by atoms with van der Waals surface area (Å²) in [5.41, 5.74) is 2.39. The van der Waals surface area contributed by atoms with Gasteiger partial charge in [0.1, 0.15) is 11.5 Å². The molecule has 1 N–H and O–H groups in total. The van der Waals surface area contributed by atoms with Crippen LogP contribution >= 0.6 is 39.3 Å². The average molecular weight is 466 g/mol. The standard InChI is InChI=1S/C19H14BrClN2O3S/c20-13-2-1-3-15(10-13)25-12-18(24)23-22-11-16-6-9-19(26-16)27-17-7-4-14(21)5-8-17/h1-11H,12H2,(H,23,24)/b22-11+. The lowest BCUT2D eigenvalue weighted by atomic mass is 10.3. The lowest BCUT2D eigenvalue weighted by molar-refractivity contribution is -0.123. The SMILES string of the molecule is O=C(COc1cccc(Br)c1)N/N=C/c1ccc(Sc2ccc(Cl)cc2)o1. The number of ether oxygens (including phenoxy) is 1. The number of carbonyl (C=O) groups is 1. The Balaban J connectivity index is 1.46. The van der Waals surface area contributed by atoms with Crippen LogP contribution in [0.25, 0.3) is 0 Å². The number of rotatable bonds is 7. The van der Waals surface area contributed by atoms with Crippen molar-refractivity contribution < 1.29 is 13.9 Å². The van der Waals surface area contributed by atoms with Gasteiger partial charge in [-0.1, -0.05) is 45.4 Å². The fraction of sp³-hybridized carbons (Fsp3) is 0.0526. The first-order valence-electron chi connectivity index (χ1n) is 7.82. The van der Waals surface area contributed by atoms with Crippen molar-refractivity contribution in [1.82, 2.24) is 5.43 Å². The van der Waals surface area contributed by atoms with E-state index in [2.05, 4.69) is 26.5 Å². The molecule has 0 saturated carbocycles. The highest BCUT2D eigenvalue weighted by Crippen LogP contribution is 2.29. The number of nitrogens with one attached hydrogen (secondary N) is 1. The molecule has 0 aliphatic rings. The summed E-state index contributed by atoms with van der Waals surface area (Å²) in [6.45, 7) is -0.135. The molecule has 3 aromatic rings. The van der Waals surface area contributed by atoms with Gasteiger partial charge in [-0.3, -0.25) is 4.79 Å². The Morgan fingerprint density at radius 1 is 1.22 bits per heavy atom. The minimum Gasteiger partial charge on any atom is -0.484 e. The Bertz CT molecular complexity index is 944. The average Bonchev–Trinajstić information content (AvgIpc) is 3.09. The molecule has 1 amide bonds. The van der Waals surface area contributed by atoms with Crippen LogP contribution in [0.4, 0.5) is 0 Å². The van der Waals surface area contributed by atoms with E-state index >= 15 is 0 Å². The van der Waals surface area contributed by atoms with Crippen LogP contribution in [0.15, 0.2) is 84.6 Å². The molecule has 0 fully saturated rings. The summed E-state index contributed by atoms with van der Waals surface area (Å²) in [5.74, 6) is 0.756. The molecule has 0 radical (unpaired) electrons. The zero-order chi connectivity index (χ0) is 19.1. The molecule has 0 unspecified atom stereocenters. The Kier molecular flexibility index (Phi) is 6.98. The number of benzene rings is 2. The van der Waals surface area contributed by atoms with Gasteiger partial charge in [0.2, 0.25) is 0 Å². The molecular formula is C19H14BrClN2O3S. The van der Waals surface area contributed by atoms with Gasteiger partial charge in [0, 0.05) is 14.4 Å². The molecule has 3 rings (SSSR count). The van der Waals surface area contributed by atoms with Crippen LogP contribution in [0.5, 0.6) is 5.75 Å². The Morgan fingerprint density at radius 3 is 2.81 bits per heavy atom. The molecule has 0 saturated heterocycles. The molecule has 0 atom stereocenters. The highest BCUT2D eigenvalue weighted by Gasteiger charge is 2.04. The maximum Gasteiger partial charge on any atom is 0.277 e. The molecule has 0 aliphatic carbocycles. The molecule has 0 spiro atoms. The molecule has 5 nitrogen and oxygen atoms in total. The van der Waals surface area contributed by atoms with Crippen molar-refractivity contribution in [3.8, 4) is 5.75 Å². The summed E-state index contributed by atoms with van der Waals surface area (Å²) in [4.78, 5) is 12.8. The van der Waals surface area contributed by atoms with Gasteiger partial charge in [0.05, 0.1) is 6.21 Å². The van der Waals surface area contributed by atoms with Crippen molar-refractivity contribution in [3.05, 3.63) is 75.9 Å². The van der Waals surface area contributed by atoms with Crippen molar-refractivity contribution in [2.45, 2.75) is 9.99 Å². The van der Waals surface area contributed by atoms with Crippen LogP contribution in [-0.4, -0.2) is 18.7 Å². The topological polar surface area (TPSA) is 63.8 Å². The van der Waals surface area contributed by atoms with Gasteiger partial charge < -0.3 is 9.15 Å². The molecule has 8 heteroatoms. The van der Waals surface area contributed by atoms with Crippen molar-refractivity contribution in [1.29, 1.82) is 0 Å². The summed E-state index contributed by atoms with van der Waals surface area (Å²) < 4.78 is 11.9. The number of furan rings is 1. The first-order chi connectivity index (χ1) is 13.1. The zero-order valence-electron chi connectivity index (χ0n) is 13.9. The Labute approximate surface area is 173 Å². The smallest absolute Gasteiger partial charge is 0.277 e. The number of nitrogens with zero attached hydrogens (tertiary/aromatic N) is 1. The van der Waals surface area contributed by atoms with Gasteiger partial charge in [-0.2, -0.15) is 5.10 Å². The third kappa shape index (κ3) is 6.46. The number of hydrazone groups is 1. The van der Waals surface area contributed by atoms with Gasteiger partial charge in [-0.15, -0.1) is 0 Å². The van der Waals surface area contributed by atoms with Crippen molar-refractivity contribution in [2.75, 3.05) is 6.61 Å². The molecule has 0 aliphatic heterocycles. The molecule has 138 valence electrons. The second-order valence-corrected chi connectivity index (χ2v) is 7.68. The van der Waals surface area contributed by atoms with E-state index in [1.807, 2.05) is 42.5 Å². The number of halogens is 2. The molecule has 1 aromatic heterocycles. The normalized spacial score (nSPS) is 10.9. The third-order valence-corrected chi connectivity index (χ3v) is 4.85. The monoisotopic (exact) mass is 464 g/mol. The van der Waals surface area contributed by atoms with Crippen molar-refractivity contribution >= 4 is 51.4 Å². The van der Waals surface area contributed by atoms with Crippen LogP contribution < -0.4 is 10.2 Å². The number of carbonyl (C=O) groups excluding carboxylic acids is 1. The van der Waals surface area contributed by atoms with E-state index in [4.69, 9.17) is 20.8 Å². The zero-order valence-corrected chi connectivity index (χ0v) is 17.1. The van der Waals surface area contributed by atoms with E-state index in [-0.39, 0.29) is 12.5 Å². The summed E-state index contributed by atoms with van der Waals surface area (Å²) in [7, 11) is 0. The molecule has 27 heavy (non-hydrogen) atoms. The van der Waals surface area contributed by atoms with E-state index in [0.717, 1.165) is 9.37 Å². The number of hydrogen-bond donors (Lipinski definition) is 1. The second-order valence-electron chi connectivity index (χ2n) is 5.25. The minimum atomic E-state index is -0.367. The second kappa shape index (κ2) is 9.64. The van der Waals surface area contributed by atoms with Crippen LogP contribution in [0.3, 0.4) is 0 Å². The van der Waals surface area contributed by atoms with Gasteiger partial charge in [0.25, 0.3) is 5.91 Å². The molecular weight excluding hydrogens is 452 g/mol. The quantitative estimate of drug-likeness (QED) is 0.376. The number of amides is 1. The summed E-state index contributed by atoms with van der Waals surface area (Å²) in [6, 6.07) is 18.3. The van der Waals surface area contributed by atoms with Crippen LogP contribution in [0, 0.1) is 0 Å². The van der Waals surface area contributed by atoms with Crippen molar-refractivity contribution in [3.63, 3.8) is 0 Å². The fourth-order valence-electron chi connectivity index (χ4n) is 1.98. The Morgan fingerprint density at radius 2 is 2.04 bits per heavy atom. The maximum absolute atomic E-state index is 11.8. The molecule has 1 heterocycles. The first kappa shape index (κ1) is 19.5. The van der Waals surface area contributed by atoms with Gasteiger partial charge >= 0.3 is 0 Å². The van der Waals surface area contributed by atoms with E-state index in [1.165, 1.54) is 18.0 Å². The largest absolute Gasteiger partial charge is 0.484 e. The number of hydrogen-bond acceptors (Lipinski definition) is 5. The van der Waals surface area contributed by atoms with Crippen LogP contribution in [0.1, 0.15) is 5.76 Å². The van der Waals surface area contributed by atoms with E-state index in [1.54, 1.807) is 18.2 Å². The van der Waals surface area contributed by atoms with Crippen LogP contribution in [-0.2, 0) is 4.79 Å². The summed E-state index contributed by atoms with van der Waals surface area (Å²) >= 11 is 10.7. The van der Waals surface area contributed by atoms with Gasteiger partial charge in [-0.25, -0.2) is 5.43 Å². The lowest BCUT2D eigenvalue weighted by Gasteiger charge is -2.04. The lowest BCUT2D eigenvalue weighted by Crippen LogP contribution is -2.24. The fourth-order valence-corrected chi connectivity index (χ4v) is 3.27. The summed E-state index contributed by atoms with van der Waals surface area (Å²) in [5, 5.41) is 5.27. The predicted octanol–water partition coefficient (Wildman–Crippen LogP) is 5.38. The van der Waals surface area contributed by atoms with Crippen LogP contribution in [0.2, 0.25) is 5.02 Å². The predicted molar refractivity (Wildman–Crippen MR) is 110 cm³/mol. The highest BCUT2D eigenvalue weighted by molar-refractivity contribution is 9.10. The van der Waals surface area contributed by atoms with Gasteiger partial charge in [0.15, 0.2) is 11.7 Å². The molecule has 2 aromatic carbocycles. The Hall–Kier alpha value is -2.22. The maximum atomic E-state index is 11.8. The van der Waals surface area contributed by atoms with Crippen molar-refractivity contribution in [2.24, 2.45) is 5.10 Å². The summed E-state index contributed by atoms with van der Waals surface area (Å²) in [6.07, 6.45) is 1.43. The van der Waals surface area contributed by atoms with Gasteiger partial charge in [-0.05, 0) is 54.6 Å². The first-order valence-corrected chi connectivity index (χ1v) is 9.81. The van der Waals surface area contributed by atoms with E-state index in [9.17, 15) is 4.79 Å². The minimum absolute atomic E-state index is 0.135. The van der Waals surface area contributed by atoms with E-state index in [0.29, 0.717) is 21.6 Å². The molecule has 0 bridgehead atoms. The van der Waals surface area contributed by atoms with E-state index < -0.39 is 0 Å². The third-order valence-electron chi connectivity index (χ3n) is 3.18. The highest BCUT2D eigenvalue weighted by atomic mass is 79.9.